The number of ether oxygens (including phenoxy) is 1. The van der Waals surface area contributed by atoms with E-state index in [1.807, 2.05) is 0 Å². The Hall–Kier alpha value is -2.42. The normalized spacial score (nSPS) is 12.3. The van der Waals surface area contributed by atoms with Crippen molar-refractivity contribution in [1.82, 2.24) is 4.57 Å². The molecule has 0 saturated carbocycles. The molecule has 0 unspecified atom stereocenters. The number of halogens is 3. The van der Waals surface area contributed by atoms with Crippen molar-refractivity contribution < 1.29 is 27.5 Å². The van der Waals surface area contributed by atoms with Gasteiger partial charge in [0.05, 0.1) is 16.1 Å². The first-order valence-corrected chi connectivity index (χ1v) is 8.11. The summed E-state index contributed by atoms with van der Waals surface area (Å²) in [5.41, 5.74) is -1.23. The second kappa shape index (κ2) is 7.22. The Bertz CT molecular complexity index is 881. The summed E-state index contributed by atoms with van der Waals surface area (Å²) in [6.45, 7) is 4.17. The van der Waals surface area contributed by atoms with Crippen LogP contribution in [0.15, 0.2) is 29.3 Å². The van der Waals surface area contributed by atoms with Crippen LogP contribution in [0.1, 0.15) is 36.0 Å². The molecule has 0 aliphatic carbocycles. The van der Waals surface area contributed by atoms with Gasteiger partial charge in [-0.3, -0.25) is 9.59 Å². The number of alkyl halides is 3. The van der Waals surface area contributed by atoms with E-state index in [0.29, 0.717) is 11.3 Å². The second-order valence-corrected chi connectivity index (χ2v) is 6.10. The molecule has 1 aromatic carbocycles. The molecule has 0 fully saturated rings. The van der Waals surface area contributed by atoms with Crippen molar-refractivity contribution in [3.63, 3.8) is 0 Å². The fraction of sp³-hybridized carbons (Fsp3) is 0.312. The number of para-hydroxylation sites is 1. The van der Waals surface area contributed by atoms with Crippen LogP contribution in [0.5, 0.6) is 5.88 Å². The van der Waals surface area contributed by atoms with Crippen molar-refractivity contribution in [3.05, 3.63) is 39.5 Å². The van der Waals surface area contributed by atoms with Crippen molar-refractivity contribution in [2.45, 2.75) is 33.4 Å². The molecule has 9 heteroatoms. The number of nitrogens with zero attached hydrogens (tertiary/aromatic N) is 2. The van der Waals surface area contributed by atoms with Crippen LogP contribution in [0.2, 0.25) is 0 Å². The van der Waals surface area contributed by atoms with Crippen molar-refractivity contribution in [2.75, 3.05) is 0 Å². The number of carbonyl (C=O) groups is 2. The lowest BCUT2D eigenvalue weighted by atomic mass is 10.2. The van der Waals surface area contributed by atoms with Gasteiger partial charge in [-0.05, 0) is 18.6 Å². The number of rotatable bonds is 3. The molecule has 0 amide bonds. The Balaban J connectivity index is 2.76. The van der Waals surface area contributed by atoms with E-state index >= 15 is 0 Å². The molecule has 25 heavy (non-hydrogen) atoms. The number of aryl methyl sites for hydroxylation is 1. The minimum absolute atomic E-state index is 0.00394. The van der Waals surface area contributed by atoms with Crippen LogP contribution >= 0.6 is 11.3 Å². The van der Waals surface area contributed by atoms with Gasteiger partial charge in [-0.2, -0.15) is 13.2 Å². The van der Waals surface area contributed by atoms with Crippen LogP contribution in [0.3, 0.4) is 0 Å². The van der Waals surface area contributed by atoms with Crippen LogP contribution in [0.25, 0.3) is 0 Å². The van der Waals surface area contributed by atoms with E-state index in [-0.39, 0.29) is 16.4 Å². The molecular weight excluding hydrogens is 357 g/mol. The Morgan fingerprint density at radius 1 is 1.24 bits per heavy atom. The Morgan fingerprint density at radius 2 is 1.88 bits per heavy atom. The predicted molar refractivity (Wildman–Crippen MR) is 86.0 cm³/mol. The van der Waals surface area contributed by atoms with Crippen LogP contribution < -0.4 is 9.54 Å². The molecule has 2 aromatic rings. The lowest BCUT2D eigenvalue weighted by molar-refractivity contribution is -0.137. The number of hydrogen-bond donors (Lipinski definition) is 0. The minimum atomic E-state index is -4.58. The van der Waals surface area contributed by atoms with Crippen LogP contribution in [-0.4, -0.2) is 16.4 Å². The highest BCUT2D eigenvalue weighted by Gasteiger charge is 2.33. The molecule has 0 radical (unpaired) electrons. The summed E-state index contributed by atoms with van der Waals surface area (Å²) in [6, 6.07) is 4.81. The summed E-state index contributed by atoms with van der Waals surface area (Å²) >= 11 is 1.00. The highest BCUT2D eigenvalue weighted by molar-refractivity contribution is 7.09. The van der Waals surface area contributed by atoms with E-state index in [1.54, 1.807) is 6.92 Å². The van der Waals surface area contributed by atoms with Crippen molar-refractivity contribution >= 4 is 28.9 Å². The van der Waals surface area contributed by atoms with Gasteiger partial charge >= 0.3 is 12.1 Å². The Kier molecular flexibility index (Phi) is 5.46. The summed E-state index contributed by atoms with van der Waals surface area (Å²) < 4.78 is 45.5. The quantitative estimate of drug-likeness (QED) is 0.767. The summed E-state index contributed by atoms with van der Waals surface area (Å²) in [4.78, 5) is 27.8. The third-order valence-corrected chi connectivity index (χ3v) is 4.32. The average molecular weight is 372 g/mol. The molecule has 0 aliphatic heterocycles. The summed E-state index contributed by atoms with van der Waals surface area (Å²) in [7, 11) is 0. The second-order valence-electron chi connectivity index (χ2n) is 5.04. The van der Waals surface area contributed by atoms with Gasteiger partial charge in [0, 0.05) is 13.8 Å². The smallest absolute Gasteiger partial charge is 0.408 e. The van der Waals surface area contributed by atoms with Crippen LogP contribution in [-0.2, 0) is 17.4 Å². The number of thiazole rings is 1. The molecule has 0 N–H and O–H groups in total. The molecular formula is C16H15F3N2O3S. The first-order valence-electron chi connectivity index (χ1n) is 7.30. The van der Waals surface area contributed by atoms with Gasteiger partial charge < -0.3 is 4.74 Å². The Morgan fingerprint density at radius 3 is 2.40 bits per heavy atom. The predicted octanol–water partition coefficient (Wildman–Crippen LogP) is 3.95. The number of esters is 1. The summed E-state index contributed by atoms with van der Waals surface area (Å²) in [5, 5.41) is 0. The molecule has 1 heterocycles. The van der Waals surface area contributed by atoms with Gasteiger partial charge in [-0.15, -0.1) is 0 Å². The third kappa shape index (κ3) is 4.16. The van der Waals surface area contributed by atoms with E-state index in [0.717, 1.165) is 22.0 Å². The van der Waals surface area contributed by atoms with E-state index in [2.05, 4.69) is 4.99 Å². The lowest BCUT2D eigenvalue weighted by Gasteiger charge is -2.09. The molecule has 1 aromatic heterocycles. The molecule has 0 saturated heterocycles. The van der Waals surface area contributed by atoms with Crippen molar-refractivity contribution in [1.29, 1.82) is 0 Å². The van der Waals surface area contributed by atoms with Gasteiger partial charge in [-0.25, -0.2) is 9.56 Å². The lowest BCUT2D eigenvalue weighted by Crippen LogP contribution is -2.22. The first kappa shape index (κ1) is 18.9. The maximum Gasteiger partial charge on any atom is 0.418 e. The third-order valence-electron chi connectivity index (χ3n) is 3.15. The highest BCUT2D eigenvalue weighted by Crippen LogP contribution is 2.36. The first-order chi connectivity index (χ1) is 11.6. The zero-order valence-corrected chi connectivity index (χ0v) is 14.5. The number of benzene rings is 1. The van der Waals surface area contributed by atoms with Gasteiger partial charge in [0.2, 0.25) is 11.8 Å². The Labute approximate surface area is 145 Å². The number of aromatic nitrogens is 1. The molecule has 2 rings (SSSR count). The molecule has 0 spiro atoms. The average Bonchev–Trinajstić information content (AvgIpc) is 2.83. The molecule has 5 nitrogen and oxygen atoms in total. The van der Waals surface area contributed by atoms with Crippen LogP contribution in [0, 0.1) is 0 Å². The largest absolute Gasteiger partial charge is 0.418 e. The molecule has 134 valence electrons. The number of hydrogen-bond acceptors (Lipinski definition) is 5. The maximum absolute atomic E-state index is 13.1. The minimum Gasteiger partial charge on any atom is -0.408 e. The molecule has 0 atom stereocenters. The molecule has 0 bridgehead atoms. The van der Waals surface area contributed by atoms with E-state index in [9.17, 15) is 22.8 Å². The zero-order valence-electron chi connectivity index (χ0n) is 13.7. The van der Waals surface area contributed by atoms with Gasteiger partial charge in [-0.1, -0.05) is 30.4 Å². The van der Waals surface area contributed by atoms with Gasteiger partial charge in [0.1, 0.15) is 0 Å². The van der Waals surface area contributed by atoms with E-state index < -0.39 is 23.6 Å². The standard InChI is InChI=1S/C16H15F3N2O3S/c1-4-13-14(24-10(3)23)21(9(2)22)15(25-13)20-12-8-6-5-7-11(12)16(17,18)19/h5-8H,4H2,1-3H3. The van der Waals surface area contributed by atoms with Gasteiger partial charge in [0.15, 0.2) is 4.80 Å². The van der Waals surface area contributed by atoms with Crippen molar-refractivity contribution in [3.8, 4) is 5.88 Å². The van der Waals surface area contributed by atoms with E-state index in [4.69, 9.17) is 4.74 Å². The molecule has 0 aliphatic rings. The van der Waals surface area contributed by atoms with Gasteiger partial charge in [0.25, 0.3) is 0 Å². The van der Waals surface area contributed by atoms with Crippen molar-refractivity contribution in [2.24, 2.45) is 4.99 Å². The number of carbonyl (C=O) groups excluding carboxylic acids is 2. The topological polar surface area (TPSA) is 60.7 Å². The summed E-state index contributed by atoms with van der Waals surface area (Å²) in [6.07, 6.45) is -4.15. The fourth-order valence-corrected chi connectivity index (χ4v) is 3.17. The fourth-order valence-electron chi connectivity index (χ4n) is 2.14. The van der Waals surface area contributed by atoms with Crippen LogP contribution in [0.4, 0.5) is 18.9 Å². The zero-order chi connectivity index (χ0) is 18.8. The van der Waals surface area contributed by atoms with E-state index in [1.165, 1.54) is 32.0 Å². The monoisotopic (exact) mass is 372 g/mol. The SMILES string of the molecule is CCc1sc(=Nc2ccccc2C(F)(F)F)n(C(C)=O)c1OC(C)=O. The highest BCUT2D eigenvalue weighted by atomic mass is 32.1. The maximum atomic E-state index is 13.1. The summed E-state index contributed by atoms with van der Waals surface area (Å²) in [5.74, 6) is -1.16.